The zero-order chi connectivity index (χ0) is 21.6. The number of carbonyl (C=O) groups is 2. The van der Waals surface area contributed by atoms with Crippen LogP contribution in [0.25, 0.3) is 0 Å². The Bertz CT molecular complexity index is 998. The maximum atomic E-state index is 14.2. The van der Waals surface area contributed by atoms with E-state index in [0.717, 1.165) is 13.0 Å². The second-order valence-electron chi connectivity index (χ2n) is 5.91. The summed E-state index contributed by atoms with van der Waals surface area (Å²) in [5.41, 5.74) is 0.473. The minimum atomic E-state index is -3.73. The summed E-state index contributed by atoms with van der Waals surface area (Å²) in [6.45, 7) is 0.355. The van der Waals surface area contributed by atoms with Gasteiger partial charge in [0.1, 0.15) is 0 Å². The Morgan fingerprint density at radius 2 is 1.86 bits per heavy atom. The van der Waals surface area contributed by atoms with Crippen LogP contribution >= 0.6 is 11.6 Å². The van der Waals surface area contributed by atoms with E-state index in [9.17, 15) is 22.4 Å². The molecule has 156 valence electrons. The van der Waals surface area contributed by atoms with Crippen LogP contribution in [0.5, 0.6) is 5.75 Å². The summed E-state index contributed by atoms with van der Waals surface area (Å²) in [5.74, 6) is -3.16. The Morgan fingerprint density at radius 3 is 2.41 bits per heavy atom. The van der Waals surface area contributed by atoms with Crippen molar-refractivity contribution >= 4 is 33.5 Å². The maximum Gasteiger partial charge on any atom is 0.326 e. The summed E-state index contributed by atoms with van der Waals surface area (Å²) in [4.78, 5) is 27.2. The second-order valence-corrected chi connectivity index (χ2v) is 8.11. The van der Waals surface area contributed by atoms with Gasteiger partial charge in [-0.25, -0.2) is 17.5 Å². The fourth-order valence-electron chi connectivity index (χ4n) is 2.25. The first kappa shape index (κ1) is 22.6. The van der Waals surface area contributed by atoms with Gasteiger partial charge in [0, 0.05) is 18.5 Å². The fourth-order valence-corrected chi connectivity index (χ4v) is 3.41. The zero-order valence-electron chi connectivity index (χ0n) is 15.3. The van der Waals surface area contributed by atoms with E-state index < -0.39 is 34.3 Å². The Morgan fingerprint density at radius 1 is 1.21 bits per heavy atom. The van der Waals surface area contributed by atoms with Crippen molar-refractivity contribution in [2.75, 3.05) is 13.1 Å². The van der Waals surface area contributed by atoms with E-state index in [1.807, 2.05) is 0 Å². The van der Waals surface area contributed by atoms with Crippen LogP contribution in [0.1, 0.15) is 12.5 Å². The molecule has 0 aromatic heterocycles. The number of amides is 1. The molecule has 11 heteroatoms. The number of aliphatic carboxylic acids is 1. The number of hydrogen-bond donors (Lipinski definition) is 2. The highest BCUT2D eigenvalue weighted by molar-refractivity contribution is 7.89. The first-order chi connectivity index (χ1) is 13.6. The number of hydroxylamine groups is 2. The quantitative estimate of drug-likeness (QED) is 0.573. The lowest BCUT2D eigenvalue weighted by Gasteiger charge is -2.19. The lowest BCUT2D eigenvalue weighted by atomic mass is 10.1. The van der Waals surface area contributed by atoms with E-state index in [1.165, 1.54) is 36.4 Å². The van der Waals surface area contributed by atoms with E-state index in [0.29, 0.717) is 15.6 Å². The van der Waals surface area contributed by atoms with Crippen molar-refractivity contribution in [3.63, 3.8) is 0 Å². The highest BCUT2D eigenvalue weighted by Gasteiger charge is 2.18. The molecule has 0 aliphatic carbocycles. The van der Waals surface area contributed by atoms with Crippen molar-refractivity contribution in [2.45, 2.75) is 18.2 Å². The number of carboxylic acid groups (broad SMARTS) is 1. The Hall–Kier alpha value is -2.69. The number of rotatable bonds is 9. The molecule has 0 saturated heterocycles. The molecule has 1 amide bonds. The molecule has 0 aliphatic heterocycles. The van der Waals surface area contributed by atoms with Crippen molar-refractivity contribution in [3.05, 3.63) is 58.9 Å². The van der Waals surface area contributed by atoms with Crippen LogP contribution in [0, 0.1) is 5.82 Å². The summed E-state index contributed by atoms with van der Waals surface area (Å²) in [6.07, 6.45) is 0.190. The number of benzene rings is 2. The van der Waals surface area contributed by atoms with Crippen molar-refractivity contribution in [2.24, 2.45) is 0 Å². The Balaban J connectivity index is 1.99. The van der Waals surface area contributed by atoms with E-state index >= 15 is 0 Å². The topological polar surface area (TPSA) is 113 Å². The standard InChI is InChI=1S/C18H18ClFN2O6S/c1-12(23)22(11-18(24)25)28-17-7-2-13(10-16(17)20)8-9-21-29(26,27)15-5-3-14(19)4-6-15/h2-7,10,21H,8-9,11H2,1H3,(H,24,25). The van der Waals surface area contributed by atoms with Crippen LogP contribution in [-0.2, 0) is 26.0 Å². The minimum Gasteiger partial charge on any atom is -0.480 e. The van der Waals surface area contributed by atoms with E-state index in [1.54, 1.807) is 0 Å². The summed E-state index contributed by atoms with van der Waals surface area (Å²) in [5, 5.41) is 9.68. The van der Waals surface area contributed by atoms with Crippen LogP contribution in [0.4, 0.5) is 4.39 Å². The van der Waals surface area contributed by atoms with Crippen LogP contribution in [-0.4, -0.2) is 43.6 Å². The highest BCUT2D eigenvalue weighted by atomic mass is 35.5. The normalized spacial score (nSPS) is 11.1. The molecule has 2 rings (SSSR count). The first-order valence-electron chi connectivity index (χ1n) is 8.30. The molecular formula is C18H18ClFN2O6S. The van der Waals surface area contributed by atoms with Crippen LogP contribution in [0.3, 0.4) is 0 Å². The minimum absolute atomic E-state index is 0.0171. The van der Waals surface area contributed by atoms with Gasteiger partial charge in [0.05, 0.1) is 4.90 Å². The summed E-state index contributed by atoms with van der Waals surface area (Å²) < 4.78 is 41.0. The van der Waals surface area contributed by atoms with E-state index in [2.05, 4.69) is 4.72 Å². The largest absolute Gasteiger partial charge is 0.480 e. The van der Waals surface area contributed by atoms with Crippen LogP contribution in [0.15, 0.2) is 47.4 Å². The molecule has 0 bridgehead atoms. The molecule has 29 heavy (non-hydrogen) atoms. The first-order valence-corrected chi connectivity index (χ1v) is 10.2. The average Bonchev–Trinajstić information content (AvgIpc) is 2.63. The second kappa shape index (κ2) is 9.68. The Kier molecular flexibility index (Phi) is 7.54. The third-order valence-electron chi connectivity index (χ3n) is 3.66. The molecule has 0 saturated carbocycles. The van der Waals surface area contributed by atoms with Gasteiger partial charge in [-0.3, -0.25) is 9.59 Å². The lowest BCUT2D eigenvalue weighted by molar-refractivity contribution is -0.165. The van der Waals surface area contributed by atoms with Crippen molar-refractivity contribution in [3.8, 4) is 5.75 Å². The number of carboxylic acids is 1. The van der Waals surface area contributed by atoms with Gasteiger partial charge in [-0.05, 0) is 48.4 Å². The number of halogens is 2. The third-order valence-corrected chi connectivity index (χ3v) is 5.39. The molecule has 8 nitrogen and oxygen atoms in total. The fraction of sp³-hybridized carbons (Fsp3) is 0.222. The monoisotopic (exact) mass is 444 g/mol. The van der Waals surface area contributed by atoms with Gasteiger partial charge < -0.3 is 9.94 Å². The van der Waals surface area contributed by atoms with Gasteiger partial charge in [-0.1, -0.05) is 17.7 Å². The van der Waals surface area contributed by atoms with Gasteiger partial charge in [0.25, 0.3) is 5.91 Å². The molecular weight excluding hydrogens is 427 g/mol. The molecule has 0 heterocycles. The van der Waals surface area contributed by atoms with Crippen LogP contribution in [0.2, 0.25) is 5.02 Å². The summed E-state index contributed by atoms with van der Waals surface area (Å²) in [6, 6.07) is 9.48. The molecule has 0 spiro atoms. The summed E-state index contributed by atoms with van der Waals surface area (Å²) in [7, 11) is -3.73. The van der Waals surface area contributed by atoms with Crippen molar-refractivity contribution in [1.29, 1.82) is 0 Å². The van der Waals surface area contributed by atoms with Gasteiger partial charge in [-0.2, -0.15) is 5.06 Å². The zero-order valence-corrected chi connectivity index (χ0v) is 16.8. The number of nitrogens with zero attached hydrogens (tertiary/aromatic N) is 1. The maximum absolute atomic E-state index is 14.2. The Labute approximate surface area is 171 Å². The predicted octanol–water partition coefficient (Wildman–Crippen LogP) is 2.23. The molecule has 0 atom stereocenters. The van der Waals surface area contributed by atoms with Gasteiger partial charge in [0.2, 0.25) is 10.0 Å². The predicted molar refractivity (Wildman–Crippen MR) is 102 cm³/mol. The third kappa shape index (κ3) is 6.70. The van der Waals surface area contributed by atoms with Crippen molar-refractivity contribution in [1.82, 2.24) is 9.79 Å². The number of sulfonamides is 1. The van der Waals surface area contributed by atoms with Crippen molar-refractivity contribution < 1.29 is 32.3 Å². The lowest BCUT2D eigenvalue weighted by Crippen LogP contribution is -2.37. The van der Waals surface area contributed by atoms with Gasteiger partial charge >= 0.3 is 5.97 Å². The van der Waals surface area contributed by atoms with E-state index in [-0.39, 0.29) is 23.6 Å². The molecule has 2 N–H and O–H groups in total. The highest BCUT2D eigenvalue weighted by Crippen LogP contribution is 2.20. The van der Waals surface area contributed by atoms with Gasteiger partial charge in [-0.15, -0.1) is 0 Å². The number of nitrogens with one attached hydrogen (secondary N) is 1. The summed E-state index contributed by atoms with van der Waals surface area (Å²) >= 11 is 5.74. The molecule has 0 fully saturated rings. The average molecular weight is 445 g/mol. The number of carbonyl (C=O) groups excluding carboxylic acids is 1. The SMILES string of the molecule is CC(=O)N(CC(=O)O)Oc1ccc(CCNS(=O)(=O)c2ccc(Cl)cc2)cc1F. The molecule has 0 unspecified atom stereocenters. The molecule has 0 aliphatic rings. The van der Waals surface area contributed by atoms with Gasteiger partial charge in [0.15, 0.2) is 18.1 Å². The van der Waals surface area contributed by atoms with E-state index in [4.69, 9.17) is 21.5 Å². The molecule has 2 aromatic rings. The van der Waals surface area contributed by atoms with Crippen LogP contribution < -0.4 is 9.56 Å². The molecule has 0 radical (unpaired) electrons. The molecule has 2 aromatic carbocycles. The smallest absolute Gasteiger partial charge is 0.326 e. The number of hydrogen-bond acceptors (Lipinski definition) is 5.